The van der Waals surface area contributed by atoms with E-state index >= 15 is 0 Å². The van der Waals surface area contributed by atoms with Gasteiger partial charge in [-0.25, -0.2) is 0 Å². The summed E-state index contributed by atoms with van der Waals surface area (Å²) < 4.78 is 30.4. The van der Waals surface area contributed by atoms with Crippen LogP contribution in [0.2, 0.25) is 0 Å². The van der Waals surface area contributed by atoms with E-state index in [1.165, 1.54) is 250 Å². The lowest BCUT2D eigenvalue weighted by Crippen LogP contribution is -2.47. The second-order valence-electron chi connectivity index (χ2n) is 24.3. The molecule has 0 aromatic heterocycles. The lowest BCUT2D eigenvalue weighted by Gasteiger charge is -2.30. The monoisotopic (exact) mass is 1110 g/mol. The normalized spacial score (nSPS) is 13.7. The van der Waals surface area contributed by atoms with E-state index < -0.39 is 20.0 Å². The van der Waals surface area contributed by atoms with Crippen LogP contribution in [0.15, 0.2) is 24.3 Å². The fourth-order valence-corrected chi connectivity index (χ4v) is 10.9. The van der Waals surface area contributed by atoms with Gasteiger partial charge in [-0.05, 0) is 57.4 Å². The molecule has 0 saturated carbocycles. The van der Waals surface area contributed by atoms with Gasteiger partial charge in [0, 0.05) is 12.8 Å². The number of phosphoric ester groups is 1. The first kappa shape index (κ1) is 75.5. The average molecular weight is 1110 g/mol. The maximum absolute atomic E-state index is 13.6. The zero-order valence-electron chi connectivity index (χ0n) is 52.2. The summed E-state index contributed by atoms with van der Waals surface area (Å²) in [5.74, 6) is -0.521. The molecule has 1 amide bonds. The quantitative estimate of drug-likeness (QED) is 0.0212. The van der Waals surface area contributed by atoms with Crippen LogP contribution in [-0.4, -0.2) is 69.4 Å². The molecule has 0 aliphatic rings. The number of allylic oxidation sites excluding steroid dienone is 3. The lowest BCUT2D eigenvalue weighted by molar-refractivity contribution is -0.870. The summed E-state index contributed by atoms with van der Waals surface area (Å²) in [6.07, 6.45) is 68.7. The first-order valence-corrected chi connectivity index (χ1v) is 35.1. The van der Waals surface area contributed by atoms with Crippen molar-refractivity contribution in [2.75, 3.05) is 40.9 Å². The van der Waals surface area contributed by atoms with Gasteiger partial charge in [-0.15, -0.1) is 0 Å². The van der Waals surface area contributed by atoms with Crippen LogP contribution in [0.1, 0.15) is 342 Å². The summed E-state index contributed by atoms with van der Waals surface area (Å²) in [5, 5.41) is 3.04. The van der Waals surface area contributed by atoms with Gasteiger partial charge in [0.2, 0.25) is 5.91 Å². The van der Waals surface area contributed by atoms with Crippen molar-refractivity contribution in [2.24, 2.45) is 0 Å². The molecule has 0 aliphatic heterocycles. The molecule has 0 bridgehead atoms. The van der Waals surface area contributed by atoms with Gasteiger partial charge >= 0.3 is 5.97 Å². The highest BCUT2D eigenvalue weighted by Gasteiger charge is 2.27. The van der Waals surface area contributed by atoms with Crippen molar-refractivity contribution < 1.29 is 37.3 Å². The predicted octanol–water partition coefficient (Wildman–Crippen LogP) is 20.3. The Morgan fingerprint density at radius 1 is 0.442 bits per heavy atom. The van der Waals surface area contributed by atoms with Crippen molar-refractivity contribution in [3.8, 4) is 0 Å². The van der Waals surface area contributed by atoms with Crippen molar-refractivity contribution in [3.05, 3.63) is 24.3 Å². The number of esters is 1. The lowest BCUT2D eigenvalue weighted by atomic mass is 10.0. The van der Waals surface area contributed by atoms with Crippen LogP contribution < -0.4 is 10.2 Å². The van der Waals surface area contributed by atoms with Crippen LogP contribution >= 0.6 is 7.82 Å². The Labute approximate surface area is 479 Å². The number of hydrogen-bond donors (Lipinski definition) is 1. The molecule has 9 nitrogen and oxygen atoms in total. The first-order valence-electron chi connectivity index (χ1n) is 33.6. The highest BCUT2D eigenvalue weighted by molar-refractivity contribution is 7.45. The number of nitrogens with zero attached hydrogens (tertiary/aromatic N) is 1. The maximum atomic E-state index is 13.6. The van der Waals surface area contributed by atoms with E-state index in [9.17, 15) is 19.0 Å². The fourth-order valence-electron chi connectivity index (χ4n) is 10.2. The highest BCUT2D eigenvalue weighted by Crippen LogP contribution is 2.38. The smallest absolute Gasteiger partial charge is 0.306 e. The number of ether oxygens (including phenoxy) is 1. The summed E-state index contributed by atoms with van der Waals surface area (Å²) >= 11 is 0. The third-order valence-corrected chi connectivity index (χ3v) is 16.3. The topological polar surface area (TPSA) is 114 Å². The molecule has 0 spiro atoms. The van der Waals surface area contributed by atoms with Gasteiger partial charge in [-0.2, -0.15) is 0 Å². The molecule has 456 valence electrons. The number of phosphoric acid groups is 1. The van der Waals surface area contributed by atoms with E-state index in [1.807, 2.05) is 33.3 Å². The van der Waals surface area contributed by atoms with E-state index in [1.54, 1.807) is 0 Å². The van der Waals surface area contributed by atoms with Crippen LogP contribution in [-0.2, 0) is 27.9 Å². The second-order valence-corrected chi connectivity index (χ2v) is 25.7. The average Bonchev–Trinajstić information content (AvgIpc) is 3.39. The van der Waals surface area contributed by atoms with E-state index in [2.05, 4.69) is 38.2 Å². The van der Waals surface area contributed by atoms with Crippen LogP contribution in [0.5, 0.6) is 0 Å². The number of carbonyl (C=O) groups excluding carboxylic acids is 2. The maximum Gasteiger partial charge on any atom is 0.306 e. The largest absolute Gasteiger partial charge is 0.756 e. The molecule has 0 aromatic carbocycles. The molecule has 0 rings (SSSR count). The molecule has 0 saturated heterocycles. The third-order valence-electron chi connectivity index (χ3n) is 15.4. The molecule has 0 radical (unpaired) electrons. The molecule has 3 atom stereocenters. The molecular weight excluding hydrogens is 976 g/mol. The first-order chi connectivity index (χ1) is 37.4. The number of unbranched alkanes of at least 4 members (excludes halogenated alkanes) is 44. The van der Waals surface area contributed by atoms with Crippen LogP contribution in [0.3, 0.4) is 0 Å². The van der Waals surface area contributed by atoms with Gasteiger partial charge in [0.05, 0.1) is 33.8 Å². The van der Waals surface area contributed by atoms with E-state index in [0.29, 0.717) is 17.4 Å². The number of rotatable bonds is 62. The molecule has 3 unspecified atom stereocenters. The second kappa shape index (κ2) is 57.7. The Bertz CT molecular complexity index is 1370. The van der Waals surface area contributed by atoms with Crippen LogP contribution in [0, 0.1) is 0 Å². The molecule has 0 aromatic rings. The summed E-state index contributed by atoms with van der Waals surface area (Å²) in [7, 11) is 1.20. The molecular formula is C67H131N2O7P. The van der Waals surface area contributed by atoms with E-state index in [4.69, 9.17) is 13.8 Å². The minimum Gasteiger partial charge on any atom is -0.756 e. The van der Waals surface area contributed by atoms with Crippen molar-refractivity contribution in [2.45, 2.75) is 354 Å². The Kier molecular flexibility index (Phi) is 56.6. The minimum absolute atomic E-state index is 0.0180. The van der Waals surface area contributed by atoms with Crippen LogP contribution in [0.25, 0.3) is 0 Å². The zero-order chi connectivity index (χ0) is 56.4. The van der Waals surface area contributed by atoms with Gasteiger partial charge in [0.1, 0.15) is 19.3 Å². The number of carbonyl (C=O) groups is 2. The van der Waals surface area contributed by atoms with Gasteiger partial charge in [0.15, 0.2) is 0 Å². The molecule has 1 N–H and O–H groups in total. The minimum atomic E-state index is -4.69. The number of hydrogen-bond acceptors (Lipinski definition) is 7. The van der Waals surface area contributed by atoms with E-state index in [-0.39, 0.29) is 31.5 Å². The van der Waals surface area contributed by atoms with Gasteiger partial charge in [-0.3, -0.25) is 14.2 Å². The Morgan fingerprint density at radius 2 is 0.753 bits per heavy atom. The number of quaternary nitrogens is 1. The van der Waals surface area contributed by atoms with Gasteiger partial charge in [-0.1, -0.05) is 296 Å². The standard InChI is InChI=1S/C67H131N2O7P/c1-7-10-13-16-19-22-25-28-29-30-31-32-33-34-35-36-37-38-39-42-44-47-50-53-56-59-66(70)68-64(63-75-77(72,73)74-62-61-69(4,5)6)65(58-55-52-49-46-43-40-26-23-20-17-14-11-8-2)76-67(71)60-57-54-51-48-45-41-27-24-21-18-15-12-9-3/h28-29,55,58,64-65H,7-27,30-54,56-57,59-63H2,1-6H3,(H-,68,70,72,73)/b29-28+,58-55-. The fraction of sp³-hybridized carbons (Fsp3) is 0.910. The summed E-state index contributed by atoms with van der Waals surface area (Å²) in [5.41, 5.74) is 0. The molecule has 0 fully saturated rings. The summed E-state index contributed by atoms with van der Waals surface area (Å²) in [6, 6.07) is -0.882. The number of likely N-dealkylation sites (N-methyl/N-ethyl adjacent to an activating group) is 1. The Hall–Kier alpha value is -1.51. The Morgan fingerprint density at radius 3 is 1.10 bits per heavy atom. The van der Waals surface area contributed by atoms with Gasteiger partial charge in [0.25, 0.3) is 7.82 Å². The SMILES string of the molecule is CCCCCCCC/C=C/CCCCCCCCCCCCCCCCCC(=O)NC(COP(=O)([O-])OCC[N+](C)(C)C)C(/C=C\CCCCCCCCCCCCC)OC(=O)CCCCCCCCCCCCCCC. The third kappa shape index (κ3) is 58.9. The van der Waals surface area contributed by atoms with Crippen molar-refractivity contribution >= 4 is 19.7 Å². The molecule has 10 heteroatoms. The summed E-state index contributed by atoms with van der Waals surface area (Å²) in [4.78, 5) is 40.0. The van der Waals surface area contributed by atoms with Gasteiger partial charge < -0.3 is 28.5 Å². The number of nitrogens with one attached hydrogen (secondary N) is 1. The van der Waals surface area contributed by atoms with Crippen molar-refractivity contribution in [3.63, 3.8) is 0 Å². The van der Waals surface area contributed by atoms with E-state index in [0.717, 1.165) is 57.8 Å². The molecule has 0 aliphatic carbocycles. The molecule has 77 heavy (non-hydrogen) atoms. The van der Waals surface area contributed by atoms with Crippen molar-refractivity contribution in [1.29, 1.82) is 0 Å². The summed E-state index contributed by atoms with van der Waals surface area (Å²) in [6.45, 7) is 6.89. The molecule has 0 heterocycles. The number of amides is 1. The highest BCUT2D eigenvalue weighted by atomic mass is 31.2. The zero-order valence-corrected chi connectivity index (χ0v) is 53.1. The van der Waals surface area contributed by atoms with Crippen LogP contribution in [0.4, 0.5) is 0 Å². The van der Waals surface area contributed by atoms with Crippen molar-refractivity contribution in [1.82, 2.24) is 5.32 Å². The Balaban J connectivity index is 5.04. The predicted molar refractivity (Wildman–Crippen MR) is 330 cm³/mol.